The minimum absolute atomic E-state index is 0.0115. The van der Waals surface area contributed by atoms with Gasteiger partial charge >= 0.3 is 0 Å². The van der Waals surface area contributed by atoms with Crippen molar-refractivity contribution in [3.8, 4) is 0 Å². The van der Waals surface area contributed by atoms with Crippen LogP contribution < -0.4 is 10.6 Å². The Kier molecular flexibility index (Phi) is 8.03. The van der Waals surface area contributed by atoms with Crippen molar-refractivity contribution >= 4 is 17.7 Å². The highest BCUT2D eigenvalue weighted by atomic mass is 16.2. The minimum Gasteiger partial charge on any atom is -0.352 e. The number of nitrogens with one attached hydrogen (secondary N) is 2. The molecule has 1 aliphatic heterocycles. The van der Waals surface area contributed by atoms with E-state index in [-0.39, 0.29) is 29.7 Å². The van der Waals surface area contributed by atoms with E-state index >= 15 is 0 Å². The van der Waals surface area contributed by atoms with Crippen molar-refractivity contribution in [1.29, 1.82) is 0 Å². The minimum atomic E-state index is -0.631. The van der Waals surface area contributed by atoms with Crippen molar-refractivity contribution in [2.24, 2.45) is 5.92 Å². The van der Waals surface area contributed by atoms with E-state index in [0.717, 1.165) is 12.0 Å². The average Bonchev–Trinajstić information content (AvgIpc) is 2.83. The SMILES string of the molecule is CCC(C)NC(=O)C(NC(=O)c1ccccc1)C1CCN(C(=O)c2ccc(C)cc2)CC1. The maximum atomic E-state index is 13.0. The number of hydrogen-bond donors (Lipinski definition) is 2. The Labute approximate surface area is 190 Å². The molecule has 1 aliphatic rings. The number of rotatable bonds is 7. The highest BCUT2D eigenvalue weighted by molar-refractivity contribution is 5.97. The highest BCUT2D eigenvalue weighted by Gasteiger charge is 2.34. The molecule has 3 amide bonds. The Morgan fingerprint density at radius 2 is 1.56 bits per heavy atom. The fraction of sp³-hybridized carbons (Fsp3) is 0.423. The van der Waals surface area contributed by atoms with Crippen molar-refractivity contribution in [2.45, 2.75) is 52.1 Å². The fourth-order valence-electron chi connectivity index (χ4n) is 3.96. The van der Waals surface area contributed by atoms with Crippen LogP contribution >= 0.6 is 0 Å². The molecule has 6 heteroatoms. The molecule has 1 fully saturated rings. The van der Waals surface area contributed by atoms with E-state index in [1.807, 2.05) is 56.0 Å². The summed E-state index contributed by atoms with van der Waals surface area (Å²) in [5, 5.41) is 5.97. The molecule has 2 aromatic rings. The van der Waals surface area contributed by atoms with Crippen LogP contribution in [0.5, 0.6) is 0 Å². The second kappa shape index (κ2) is 10.9. The van der Waals surface area contributed by atoms with Crippen molar-refractivity contribution in [2.75, 3.05) is 13.1 Å². The Morgan fingerprint density at radius 3 is 2.16 bits per heavy atom. The van der Waals surface area contributed by atoms with Crippen molar-refractivity contribution in [3.63, 3.8) is 0 Å². The van der Waals surface area contributed by atoms with Gasteiger partial charge in [-0.25, -0.2) is 0 Å². The Morgan fingerprint density at radius 1 is 0.938 bits per heavy atom. The van der Waals surface area contributed by atoms with Crippen molar-refractivity contribution < 1.29 is 14.4 Å². The maximum Gasteiger partial charge on any atom is 0.253 e. The molecule has 1 heterocycles. The van der Waals surface area contributed by atoms with E-state index in [1.54, 1.807) is 24.3 Å². The molecule has 2 N–H and O–H groups in total. The fourth-order valence-corrected chi connectivity index (χ4v) is 3.96. The summed E-state index contributed by atoms with van der Waals surface area (Å²) in [6.45, 7) is 7.08. The summed E-state index contributed by atoms with van der Waals surface area (Å²) >= 11 is 0. The van der Waals surface area contributed by atoms with E-state index in [4.69, 9.17) is 0 Å². The third kappa shape index (κ3) is 5.96. The molecule has 6 nitrogen and oxygen atoms in total. The lowest BCUT2D eigenvalue weighted by molar-refractivity contribution is -0.125. The standard InChI is InChI=1S/C26H33N3O3/c1-4-19(3)27-25(31)23(28-24(30)21-8-6-5-7-9-21)20-14-16-29(17-15-20)26(32)22-12-10-18(2)11-13-22/h5-13,19-20,23H,4,14-17H2,1-3H3,(H,27,31)(H,28,30). The van der Waals surface area contributed by atoms with Gasteiger partial charge < -0.3 is 15.5 Å². The van der Waals surface area contributed by atoms with Gasteiger partial charge in [0.05, 0.1) is 0 Å². The van der Waals surface area contributed by atoms with E-state index in [2.05, 4.69) is 10.6 Å². The van der Waals surface area contributed by atoms with Crippen LogP contribution in [0.3, 0.4) is 0 Å². The Hall–Kier alpha value is -3.15. The molecule has 2 aromatic carbocycles. The van der Waals surface area contributed by atoms with Gasteiger partial charge in [-0.1, -0.05) is 42.8 Å². The van der Waals surface area contributed by atoms with Gasteiger partial charge in [0, 0.05) is 30.3 Å². The van der Waals surface area contributed by atoms with Gasteiger partial charge in [-0.3, -0.25) is 14.4 Å². The van der Waals surface area contributed by atoms with Crippen LogP contribution in [-0.4, -0.2) is 47.8 Å². The van der Waals surface area contributed by atoms with Gasteiger partial charge in [-0.05, 0) is 63.3 Å². The smallest absolute Gasteiger partial charge is 0.253 e. The molecule has 0 bridgehead atoms. The number of hydrogen-bond acceptors (Lipinski definition) is 3. The van der Waals surface area contributed by atoms with Crippen LogP contribution in [0.4, 0.5) is 0 Å². The molecular weight excluding hydrogens is 402 g/mol. The Balaban J connectivity index is 1.68. The largest absolute Gasteiger partial charge is 0.352 e. The van der Waals surface area contributed by atoms with Crippen LogP contribution in [0, 0.1) is 12.8 Å². The first-order valence-electron chi connectivity index (χ1n) is 11.4. The molecular formula is C26H33N3O3. The summed E-state index contributed by atoms with van der Waals surface area (Å²) in [6, 6.07) is 15.9. The second-order valence-corrected chi connectivity index (χ2v) is 8.63. The quantitative estimate of drug-likeness (QED) is 0.698. The number of aryl methyl sites for hydroxylation is 1. The monoisotopic (exact) mass is 435 g/mol. The zero-order valence-corrected chi connectivity index (χ0v) is 19.1. The van der Waals surface area contributed by atoms with E-state index in [1.165, 1.54) is 0 Å². The van der Waals surface area contributed by atoms with E-state index in [0.29, 0.717) is 37.1 Å². The second-order valence-electron chi connectivity index (χ2n) is 8.63. The zero-order valence-electron chi connectivity index (χ0n) is 19.1. The molecule has 2 unspecified atom stereocenters. The normalized spacial score (nSPS) is 16.2. The van der Waals surface area contributed by atoms with Crippen molar-refractivity contribution in [1.82, 2.24) is 15.5 Å². The molecule has 2 atom stereocenters. The first-order valence-corrected chi connectivity index (χ1v) is 11.4. The van der Waals surface area contributed by atoms with Crippen LogP contribution in [0.1, 0.15) is 59.4 Å². The highest BCUT2D eigenvalue weighted by Crippen LogP contribution is 2.23. The lowest BCUT2D eigenvalue weighted by Crippen LogP contribution is -2.55. The van der Waals surface area contributed by atoms with Gasteiger partial charge in [0.25, 0.3) is 11.8 Å². The summed E-state index contributed by atoms with van der Waals surface area (Å²) in [5.74, 6) is -0.439. The van der Waals surface area contributed by atoms with Gasteiger partial charge in [0.15, 0.2) is 0 Å². The van der Waals surface area contributed by atoms with E-state index < -0.39 is 6.04 Å². The van der Waals surface area contributed by atoms with Gasteiger partial charge in [-0.15, -0.1) is 0 Å². The van der Waals surface area contributed by atoms with Crippen LogP contribution in [0.15, 0.2) is 54.6 Å². The number of amides is 3. The summed E-state index contributed by atoms with van der Waals surface area (Å²) in [6.07, 6.45) is 2.13. The number of benzene rings is 2. The molecule has 0 spiro atoms. The lowest BCUT2D eigenvalue weighted by atomic mass is 9.88. The number of nitrogens with zero attached hydrogens (tertiary/aromatic N) is 1. The number of piperidine rings is 1. The topological polar surface area (TPSA) is 78.5 Å². The number of carbonyl (C=O) groups excluding carboxylic acids is 3. The first-order chi connectivity index (χ1) is 15.4. The third-order valence-corrected chi connectivity index (χ3v) is 6.20. The molecule has 3 rings (SSSR count). The van der Waals surface area contributed by atoms with Gasteiger partial charge in [-0.2, -0.15) is 0 Å². The van der Waals surface area contributed by atoms with Crippen molar-refractivity contribution in [3.05, 3.63) is 71.3 Å². The van der Waals surface area contributed by atoms with Crippen LogP contribution in [0.25, 0.3) is 0 Å². The zero-order chi connectivity index (χ0) is 23.1. The summed E-state index contributed by atoms with van der Waals surface area (Å²) in [4.78, 5) is 40.5. The molecule has 0 aliphatic carbocycles. The van der Waals surface area contributed by atoms with Gasteiger partial charge in [0.2, 0.25) is 5.91 Å². The predicted octanol–water partition coefficient (Wildman–Crippen LogP) is 3.56. The maximum absolute atomic E-state index is 13.0. The molecule has 0 radical (unpaired) electrons. The van der Waals surface area contributed by atoms with Crippen LogP contribution in [-0.2, 0) is 4.79 Å². The first kappa shape index (κ1) is 23.5. The van der Waals surface area contributed by atoms with Crippen LogP contribution in [0.2, 0.25) is 0 Å². The van der Waals surface area contributed by atoms with E-state index in [9.17, 15) is 14.4 Å². The van der Waals surface area contributed by atoms with Gasteiger partial charge in [0.1, 0.15) is 6.04 Å². The molecule has 0 aromatic heterocycles. The predicted molar refractivity (Wildman–Crippen MR) is 125 cm³/mol. The molecule has 32 heavy (non-hydrogen) atoms. The third-order valence-electron chi connectivity index (χ3n) is 6.20. The molecule has 170 valence electrons. The average molecular weight is 436 g/mol. The Bertz CT molecular complexity index is 919. The number of likely N-dealkylation sites (tertiary alicyclic amines) is 1. The molecule has 1 saturated heterocycles. The lowest BCUT2D eigenvalue weighted by Gasteiger charge is -2.36. The summed E-state index contributed by atoms with van der Waals surface area (Å²) in [5.41, 5.74) is 2.32. The summed E-state index contributed by atoms with van der Waals surface area (Å²) in [7, 11) is 0. The summed E-state index contributed by atoms with van der Waals surface area (Å²) < 4.78 is 0. The number of carbonyl (C=O) groups is 3. The molecule has 0 saturated carbocycles.